The molecule has 7 heteroatoms. The van der Waals surface area contributed by atoms with E-state index in [0.717, 1.165) is 13.0 Å². The third kappa shape index (κ3) is 8.85. The van der Waals surface area contributed by atoms with E-state index in [2.05, 4.69) is 11.9 Å². The van der Waals surface area contributed by atoms with Crippen LogP contribution in [-0.4, -0.2) is 61.8 Å². The standard InChI is InChI=1S/C14H28N2O4S/c1-11(2)14(17)15-12(3)7-9-16(5,6)13(4)8-10-21(18,19)20/h12-13H,1,7-10H2,2-6H3,(H-,15,17,18,19,20)/p+1. The molecule has 0 aliphatic rings. The first-order valence-corrected chi connectivity index (χ1v) is 8.70. The molecule has 0 aromatic heterocycles. The van der Waals surface area contributed by atoms with Gasteiger partial charge in [0.2, 0.25) is 5.91 Å². The molecule has 124 valence electrons. The van der Waals surface area contributed by atoms with E-state index in [1.165, 1.54) is 0 Å². The molecular weight excluding hydrogens is 292 g/mol. The molecule has 1 amide bonds. The predicted octanol–water partition coefficient (Wildman–Crippen LogP) is 1.20. The molecule has 0 radical (unpaired) electrons. The van der Waals surface area contributed by atoms with Crippen molar-refractivity contribution in [3.05, 3.63) is 12.2 Å². The van der Waals surface area contributed by atoms with Crippen LogP contribution in [0.2, 0.25) is 0 Å². The van der Waals surface area contributed by atoms with Gasteiger partial charge < -0.3 is 9.80 Å². The summed E-state index contributed by atoms with van der Waals surface area (Å²) < 4.78 is 31.1. The molecule has 0 saturated carbocycles. The molecule has 2 unspecified atom stereocenters. The number of nitrogens with one attached hydrogen (secondary N) is 1. The third-order valence-electron chi connectivity index (χ3n) is 3.89. The second-order valence-corrected chi connectivity index (χ2v) is 7.94. The predicted molar refractivity (Wildman–Crippen MR) is 84.5 cm³/mol. The maximum Gasteiger partial charge on any atom is 0.265 e. The average molecular weight is 321 g/mol. The number of rotatable bonds is 9. The van der Waals surface area contributed by atoms with Crippen molar-refractivity contribution in [3.63, 3.8) is 0 Å². The van der Waals surface area contributed by atoms with E-state index in [-0.39, 0.29) is 23.7 Å². The van der Waals surface area contributed by atoms with Crippen molar-refractivity contribution in [1.82, 2.24) is 5.32 Å². The van der Waals surface area contributed by atoms with Crippen LogP contribution >= 0.6 is 0 Å². The normalized spacial score (nSPS) is 15.3. The number of quaternary nitrogens is 1. The van der Waals surface area contributed by atoms with Gasteiger partial charge in [0.1, 0.15) is 0 Å². The highest BCUT2D eigenvalue weighted by Gasteiger charge is 2.26. The van der Waals surface area contributed by atoms with Crippen LogP contribution in [0.1, 0.15) is 33.6 Å². The van der Waals surface area contributed by atoms with E-state index < -0.39 is 10.1 Å². The minimum atomic E-state index is -3.91. The highest BCUT2D eigenvalue weighted by Crippen LogP contribution is 2.13. The number of hydrogen-bond donors (Lipinski definition) is 2. The van der Waals surface area contributed by atoms with Crippen molar-refractivity contribution in [2.75, 3.05) is 26.4 Å². The van der Waals surface area contributed by atoms with Gasteiger partial charge in [-0.25, -0.2) is 0 Å². The van der Waals surface area contributed by atoms with Crippen LogP contribution in [0.15, 0.2) is 12.2 Å². The Kier molecular flexibility index (Phi) is 7.56. The fourth-order valence-corrected chi connectivity index (χ4v) is 2.47. The number of hydrogen-bond acceptors (Lipinski definition) is 3. The SMILES string of the molecule is C=C(C)C(=O)NC(C)CC[N+](C)(C)C(C)CCS(=O)(=O)O. The molecule has 0 aliphatic heterocycles. The Morgan fingerprint density at radius 3 is 2.24 bits per heavy atom. The highest BCUT2D eigenvalue weighted by molar-refractivity contribution is 7.85. The molecule has 6 nitrogen and oxygen atoms in total. The van der Waals surface area contributed by atoms with Gasteiger partial charge in [0.05, 0.1) is 32.4 Å². The smallest absolute Gasteiger partial charge is 0.265 e. The third-order valence-corrected chi connectivity index (χ3v) is 4.64. The largest absolute Gasteiger partial charge is 0.350 e. The summed E-state index contributed by atoms with van der Waals surface area (Å²) in [6.07, 6.45) is 1.18. The van der Waals surface area contributed by atoms with Gasteiger partial charge in [-0.05, 0) is 20.8 Å². The molecule has 0 heterocycles. The summed E-state index contributed by atoms with van der Waals surface area (Å²) in [4.78, 5) is 11.5. The molecule has 0 aromatic rings. The zero-order valence-electron chi connectivity index (χ0n) is 13.7. The lowest BCUT2D eigenvalue weighted by Crippen LogP contribution is -2.50. The van der Waals surface area contributed by atoms with Crippen LogP contribution in [-0.2, 0) is 14.9 Å². The summed E-state index contributed by atoms with van der Waals surface area (Å²) >= 11 is 0. The van der Waals surface area contributed by atoms with Gasteiger partial charge in [0.15, 0.2) is 0 Å². The maximum absolute atomic E-state index is 11.5. The number of carbonyl (C=O) groups excluding carboxylic acids is 1. The van der Waals surface area contributed by atoms with E-state index >= 15 is 0 Å². The van der Waals surface area contributed by atoms with E-state index in [9.17, 15) is 13.2 Å². The Balaban J connectivity index is 4.34. The lowest BCUT2D eigenvalue weighted by molar-refractivity contribution is -0.913. The van der Waals surface area contributed by atoms with E-state index in [1.54, 1.807) is 6.92 Å². The highest BCUT2D eigenvalue weighted by atomic mass is 32.2. The van der Waals surface area contributed by atoms with Gasteiger partial charge in [0, 0.05) is 24.5 Å². The molecule has 2 atom stereocenters. The van der Waals surface area contributed by atoms with Crippen molar-refractivity contribution in [2.45, 2.75) is 45.7 Å². The summed E-state index contributed by atoms with van der Waals surface area (Å²) in [5, 5.41) is 2.86. The zero-order valence-corrected chi connectivity index (χ0v) is 14.5. The van der Waals surface area contributed by atoms with Crippen LogP contribution < -0.4 is 5.32 Å². The lowest BCUT2D eigenvalue weighted by Gasteiger charge is -2.37. The summed E-state index contributed by atoms with van der Waals surface area (Å²) in [5.74, 6) is -0.370. The molecule has 2 N–H and O–H groups in total. The van der Waals surface area contributed by atoms with Crippen molar-refractivity contribution in [3.8, 4) is 0 Å². The van der Waals surface area contributed by atoms with Crippen molar-refractivity contribution in [2.24, 2.45) is 0 Å². The van der Waals surface area contributed by atoms with Crippen LogP contribution in [0.4, 0.5) is 0 Å². The molecule has 0 bridgehead atoms. The van der Waals surface area contributed by atoms with Crippen LogP contribution in [0.5, 0.6) is 0 Å². The first-order valence-electron chi connectivity index (χ1n) is 7.09. The first kappa shape index (κ1) is 20.1. The van der Waals surface area contributed by atoms with Crippen molar-refractivity contribution < 1.29 is 22.2 Å². The topological polar surface area (TPSA) is 83.5 Å². The summed E-state index contributed by atoms with van der Waals surface area (Å²) in [6, 6.07) is 0.122. The molecule has 0 fully saturated rings. The molecule has 0 aliphatic carbocycles. The summed E-state index contributed by atoms with van der Waals surface area (Å²) in [6.45, 7) is 9.95. The second kappa shape index (κ2) is 7.91. The van der Waals surface area contributed by atoms with Crippen molar-refractivity contribution >= 4 is 16.0 Å². The average Bonchev–Trinajstić information content (AvgIpc) is 2.32. The van der Waals surface area contributed by atoms with Gasteiger partial charge in [0.25, 0.3) is 10.1 Å². The fraction of sp³-hybridized carbons (Fsp3) is 0.786. The number of amides is 1. The molecule has 0 spiro atoms. The van der Waals surface area contributed by atoms with Crippen LogP contribution in [0.25, 0.3) is 0 Å². The van der Waals surface area contributed by atoms with E-state index in [0.29, 0.717) is 16.5 Å². The molecule has 0 aromatic carbocycles. The Labute approximate surface area is 128 Å². The molecule has 0 rings (SSSR count). The van der Waals surface area contributed by atoms with Gasteiger partial charge in [-0.15, -0.1) is 0 Å². The van der Waals surface area contributed by atoms with Crippen LogP contribution in [0, 0.1) is 0 Å². The number of carbonyl (C=O) groups is 1. The minimum Gasteiger partial charge on any atom is -0.350 e. The van der Waals surface area contributed by atoms with Gasteiger partial charge in [-0.1, -0.05) is 6.58 Å². The van der Waals surface area contributed by atoms with Gasteiger partial charge in [-0.2, -0.15) is 8.42 Å². The number of nitrogens with zero attached hydrogens (tertiary/aromatic N) is 1. The first-order chi connectivity index (χ1) is 9.35. The van der Waals surface area contributed by atoms with E-state index in [1.807, 2.05) is 27.9 Å². The van der Waals surface area contributed by atoms with Gasteiger partial charge >= 0.3 is 0 Å². The molecule has 0 saturated heterocycles. The van der Waals surface area contributed by atoms with Crippen molar-refractivity contribution in [1.29, 1.82) is 0 Å². The molecule has 21 heavy (non-hydrogen) atoms. The molecular formula is C14H29N2O4S+. The minimum absolute atomic E-state index is 0.0281. The summed E-state index contributed by atoms with van der Waals surface area (Å²) in [5.41, 5.74) is 0.483. The Morgan fingerprint density at radius 1 is 1.29 bits per heavy atom. The fourth-order valence-electron chi connectivity index (χ4n) is 1.83. The monoisotopic (exact) mass is 321 g/mol. The van der Waals surface area contributed by atoms with E-state index in [4.69, 9.17) is 4.55 Å². The zero-order chi connectivity index (χ0) is 16.8. The van der Waals surface area contributed by atoms with Gasteiger partial charge in [-0.3, -0.25) is 9.35 Å². The summed E-state index contributed by atoms with van der Waals surface area (Å²) in [7, 11) is 0.119. The Bertz CT molecular complexity index is 471. The maximum atomic E-state index is 11.5. The second-order valence-electron chi connectivity index (χ2n) is 6.37. The quantitative estimate of drug-likeness (QED) is 0.380. The Morgan fingerprint density at radius 2 is 1.81 bits per heavy atom. The Hall–Kier alpha value is -0.920. The lowest BCUT2D eigenvalue weighted by atomic mass is 10.1. The van der Waals surface area contributed by atoms with Crippen LogP contribution in [0.3, 0.4) is 0 Å².